The molecule has 2 amide bonds. The molecular weight excluding hydrogens is 654 g/mol. The van der Waals surface area contributed by atoms with Crippen LogP contribution in [0.2, 0.25) is 5.02 Å². The Morgan fingerprint density at radius 2 is 1.46 bits per heavy atom. The van der Waals surface area contributed by atoms with Gasteiger partial charge in [0.25, 0.3) is 10.0 Å². The molecule has 0 radical (unpaired) electrons. The number of carbonyl (C=O) groups is 2. The van der Waals surface area contributed by atoms with Gasteiger partial charge in [-0.25, -0.2) is 8.42 Å². The van der Waals surface area contributed by atoms with Crippen LogP contribution < -0.4 is 23.8 Å². The molecule has 0 aliphatic rings. The number of ether oxygens (including phenoxy) is 3. The van der Waals surface area contributed by atoms with E-state index in [-0.39, 0.29) is 46.0 Å². The molecule has 0 saturated heterocycles. The Morgan fingerprint density at radius 3 is 2.08 bits per heavy atom. The first-order chi connectivity index (χ1) is 23.0. The highest BCUT2D eigenvalue weighted by Crippen LogP contribution is 2.37. The Balaban J connectivity index is 1.87. The highest BCUT2D eigenvalue weighted by Gasteiger charge is 2.36. The van der Waals surface area contributed by atoms with Gasteiger partial charge in [0.05, 0.1) is 31.9 Å². The minimum absolute atomic E-state index is 0.0426. The van der Waals surface area contributed by atoms with Crippen LogP contribution in [0.25, 0.3) is 0 Å². The molecule has 0 spiro atoms. The van der Waals surface area contributed by atoms with Gasteiger partial charge < -0.3 is 24.4 Å². The van der Waals surface area contributed by atoms with Crippen molar-refractivity contribution < 1.29 is 32.2 Å². The van der Waals surface area contributed by atoms with Crippen LogP contribution in [-0.4, -0.2) is 65.6 Å². The maximum Gasteiger partial charge on any atom is 0.265 e. The quantitative estimate of drug-likeness (QED) is 0.171. The Morgan fingerprint density at radius 1 is 0.812 bits per heavy atom. The number of hydrogen-bond acceptors (Lipinski definition) is 7. The van der Waals surface area contributed by atoms with Crippen molar-refractivity contribution in [1.82, 2.24) is 10.2 Å². The third-order valence-electron chi connectivity index (χ3n) is 7.73. The van der Waals surface area contributed by atoms with Crippen molar-refractivity contribution in [1.29, 1.82) is 0 Å². The van der Waals surface area contributed by atoms with Crippen molar-refractivity contribution in [2.75, 3.05) is 38.7 Å². The summed E-state index contributed by atoms with van der Waals surface area (Å²) in [6, 6.07) is 24.6. The molecule has 1 N–H and O–H groups in total. The fraction of sp³-hybridized carbons (Fsp3) is 0.278. The zero-order valence-corrected chi connectivity index (χ0v) is 29.2. The number of rotatable bonds is 15. The van der Waals surface area contributed by atoms with Gasteiger partial charge in [-0.3, -0.25) is 13.9 Å². The second-order valence-corrected chi connectivity index (χ2v) is 13.3. The van der Waals surface area contributed by atoms with E-state index in [1.807, 2.05) is 61.5 Å². The molecule has 0 heterocycles. The van der Waals surface area contributed by atoms with E-state index in [2.05, 4.69) is 5.32 Å². The van der Waals surface area contributed by atoms with Crippen molar-refractivity contribution in [3.8, 4) is 17.2 Å². The van der Waals surface area contributed by atoms with Crippen LogP contribution in [0, 0.1) is 6.92 Å². The maximum atomic E-state index is 14.6. The van der Waals surface area contributed by atoms with Crippen molar-refractivity contribution in [3.63, 3.8) is 0 Å². The summed E-state index contributed by atoms with van der Waals surface area (Å²) in [6.45, 7) is 3.46. The molecule has 0 aliphatic carbocycles. The van der Waals surface area contributed by atoms with E-state index < -0.39 is 28.5 Å². The lowest BCUT2D eigenvalue weighted by molar-refractivity contribution is -0.140. The smallest absolute Gasteiger partial charge is 0.265 e. The number of likely N-dealkylation sites (N-methyl/N-ethyl adjacent to an activating group) is 1. The van der Waals surface area contributed by atoms with Gasteiger partial charge in [-0.1, -0.05) is 71.8 Å². The van der Waals surface area contributed by atoms with Crippen LogP contribution in [0.1, 0.15) is 23.6 Å². The average Bonchev–Trinajstić information content (AvgIpc) is 3.09. The topological polar surface area (TPSA) is 114 Å². The summed E-state index contributed by atoms with van der Waals surface area (Å²) in [6.07, 6.45) is 0.202. The molecule has 0 aromatic heterocycles. The van der Waals surface area contributed by atoms with Crippen molar-refractivity contribution in [2.24, 2.45) is 0 Å². The number of benzene rings is 4. The summed E-state index contributed by atoms with van der Waals surface area (Å²) in [4.78, 5) is 29.6. The number of hydrogen-bond donors (Lipinski definition) is 1. The van der Waals surface area contributed by atoms with Crippen LogP contribution in [0.4, 0.5) is 5.69 Å². The lowest BCUT2D eigenvalue weighted by Gasteiger charge is -2.34. The molecular formula is C36H40ClN3O7S. The van der Waals surface area contributed by atoms with E-state index in [1.165, 1.54) is 56.6 Å². The standard InChI is InChI=1S/C36H40ClN3O7S/c1-6-38-36(42)31(20-26-10-8-7-9-11-26)39(23-27-14-12-25(2)13-15-27)35(41)24-40(30-21-28(37)16-18-32(30)45-3)48(43,44)29-17-19-33(46-4)34(22-29)47-5/h7-19,21-22,31H,6,20,23-24H2,1-5H3,(H,38,42). The molecule has 1 unspecified atom stereocenters. The number of anilines is 1. The SMILES string of the molecule is CCNC(=O)C(Cc1ccccc1)N(Cc1ccc(C)cc1)C(=O)CN(c1cc(Cl)ccc1OC)S(=O)(=O)c1ccc(OC)c(OC)c1. The molecule has 4 aromatic rings. The first kappa shape index (κ1) is 36.1. The van der Waals surface area contributed by atoms with Crippen LogP contribution in [0.5, 0.6) is 17.2 Å². The van der Waals surface area contributed by atoms with E-state index >= 15 is 0 Å². The fourth-order valence-corrected chi connectivity index (χ4v) is 6.81. The molecule has 0 bridgehead atoms. The van der Waals surface area contributed by atoms with Gasteiger partial charge in [0.2, 0.25) is 11.8 Å². The maximum absolute atomic E-state index is 14.6. The third kappa shape index (κ3) is 8.59. The predicted molar refractivity (Wildman–Crippen MR) is 186 cm³/mol. The molecule has 0 saturated carbocycles. The summed E-state index contributed by atoms with van der Waals surface area (Å²) < 4.78 is 46.2. The summed E-state index contributed by atoms with van der Waals surface area (Å²) in [7, 11) is -0.242. The van der Waals surface area contributed by atoms with Gasteiger partial charge in [-0.2, -0.15) is 0 Å². The van der Waals surface area contributed by atoms with Crippen molar-refractivity contribution in [2.45, 2.75) is 37.8 Å². The van der Waals surface area contributed by atoms with E-state index in [0.29, 0.717) is 12.3 Å². The Kier molecular flexibility index (Phi) is 12.3. The molecule has 4 rings (SSSR count). The lowest BCUT2D eigenvalue weighted by Crippen LogP contribution is -2.53. The minimum Gasteiger partial charge on any atom is -0.495 e. The highest BCUT2D eigenvalue weighted by atomic mass is 35.5. The highest BCUT2D eigenvalue weighted by molar-refractivity contribution is 7.92. The van der Waals surface area contributed by atoms with Crippen LogP contribution in [-0.2, 0) is 32.6 Å². The van der Waals surface area contributed by atoms with Crippen LogP contribution in [0.15, 0.2) is 95.9 Å². The summed E-state index contributed by atoms with van der Waals surface area (Å²) in [5.41, 5.74) is 2.68. The average molecular weight is 694 g/mol. The molecule has 1 atom stereocenters. The molecule has 0 aliphatic heterocycles. The Labute approximate surface area is 287 Å². The van der Waals surface area contributed by atoms with Crippen molar-refractivity contribution >= 4 is 39.1 Å². The van der Waals surface area contributed by atoms with Gasteiger partial charge in [-0.05, 0) is 55.3 Å². The van der Waals surface area contributed by atoms with Gasteiger partial charge in [0.15, 0.2) is 11.5 Å². The second-order valence-electron chi connectivity index (χ2n) is 11.0. The third-order valence-corrected chi connectivity index (χ3v) is 9.72. The lowest BCUT2D eigenvalue weighted by atomic mass is 10.0. The summed E-state index contributed by atoms with van der Waals surface area (Å²) in [5, 5.41) is 3.09. The summed E-state index contributed by atoms with van der Waals surface area (Å²) in [5.74, 6) is -0.298. The first-order valence-electron chi connectivity index (χ1n) is 15.3. The number of nitrogens with zero attached hydrogens (tertiary/aromatic N) is 2. The number of amides is 2. The normalized spacial score (nSPS) is 11.7. The number of sulfonamides is 1. The van der Waals surface area contributed by atoms with Crippen LogP contribution in [0.3, 0.4) is 0 Å². The molecule has 4 aromatic carbocycles. The molecule has 10 nitrogen and oxygen atoms in total. The number of halogens is 1. The zero-order valence-electron chi connectivity index (χ0n) is 27.6. The minimum atomic E-state index is -4.47. The van der Waals surface area contributed by atoms with E-state index in [0.717, 1.165) is 21.0 Å². The van der Waals surface area contributed by atoms with E-state index in [4.69, 9.17) is 25.8 Å². The second kappa shape index (κ2) is 16.4. The largest absolute Gasteiger partial charge is 0.495 e. The Hall–Kier alpha value is -4.74. The number of carbonyl (C=O) groups excluding carboxylic acids is 2. The van der Waals surface area contributed by atoms with Gasteiger partial charge in [0, 0.05) is 30.6 Å². The van der Waals surface area contributed by atoms with Gasteiger partial charge >= 0.3 is 0 Å². The van der Waals surface area contributed by atoms with Crippen molar-refractivity contribution in [3.05, 3.63) is 113 Å². The zero-order chi connectivity index (χ0) is 34.8. The molecule has 12 heteroatoms. The number of nitrogens with one attached hydrogen (secondary N) is 1. The molecule has 48 heavy (non-hydrogen) atoms. The molecule has 0 fully saturated rings. The monoisotopic (exact) mass is 693 g/mol. The number of aryl methyl sites for hydroxylation is 1. The van der Waals surface area contributed by atoms with E-state index in [1.54, 1.807) is 13.0 Å². The predicted octanol–water partition coefficient (Wildman–Crippen LogP) is 5.65. The van der Waals surface area contributed by atoms with Crippen LogP contribution >= 0.6 is 11.6 Å². The van der Waals surface area contributed by atoms with Gasteiger partial charge in [0.1, 0.15) is 18.3 Å². The van der Waals surface area contributed by atoms with E-state index in [9.17, 15) is 18.0 Å². The first-order valence-corrected chi connectivity index (χ1v) is 17.1. The molecule has 254 valence electrons. The summed E-state index contributed by atoms with van der Waals surface area (Å²) >= 11 is 6.38. The fourth-order valence-electron chi connectivity index (χ4n) is 5.21. The number of methoxy groups -OCH3 is 3. The van der Waals surface area contributed by atoms with Gasteiger partial charge in [-0.15, -0.1) is 0 Å². The Bertz CT molecular complexity index is 1820.